The fourth-order valence-electron chi connectivity index (χ4n) is 4.39. The standard InChI is InChI=1S/C20H39NO/c1-16(2)21-14-12-19(13-15-21)7-5-6-18-8-10-20(11-9-18)22-17(3)4/h16-20H,5-15H2,1-4H3/t18-,20+. The molecule has 0 atom stereocenters. The molecule has 0 aromatic heterocycles. The summed E-state index contributed by atoms with van der Waals surface area (Å²) in [5, 5.41) is 0. The van der Waals surface area contributed by atoms with Crippen LogP contribution >= 0.6 is 0 Å². The van der Waals surface area contributed by atoms with E-state index < -0.39 is 0 Å². The summed E-state index contributed by atoms with van der Waals surface area (Å²) >= 11 is 0. The van der Waals surface area contributed by atoms with E-state index in [-0.39, 0.29) is 0 Å². The van der Waals surface area contributed by atoms with Gasteiger partial charge in [0.05, 0.1) is 12.2 Å². The molecule has 1 heterocycles. The van der Waals surface area contributed by atoms with E-state index in [9.17, 15) is 0 Å². The van der Waals surface area contributed by atoms with Gasteiger partial charge in [-0.05, 0) is 91.1 Å². The molecule has 22 heavy (non-hydrogen) atoms. The van der Waals surface area contributed by atoms with Gasteiger partial charge in [0.25, 0.3) is 0 Å². The monoisotopic (exact) mass is 309 g/mol. The molecule has 0 unspecified atom stereocenters. The van der Waals surface area contributed by atoms with Gasteiger partial charge in [0.2, 0.25) is 0 Å². The topological polar surface area (TPSA) is 12.5 Å². The highest BCUT2D eigenvalue weighted by atomic mass is 16.5. The number of likely N-dealkylation sites (tertiary alicyclic amines) is 1. The number of rotatable bonds is 7. The summed E-state index contributed by atoms with van der Waals surface area (Å²) in [6, 6.07) is 0.740. The van der Waals surface area contributed by atoms with Crippen molar-refractivity contribution in [2.75, 3.05) is 13.1 Å². The van der Waals surface area contributed by atoms with Crippen molar-refractivity contribution in [3.8, 4) is 0 Å². The summed E-state index contributed by atoms with van der Waals surface area (Å²) in [5.74, 6) is 2.00. The first-order valence-corrected chi connectivity index (χ1v) is 9.94. The largest absolute Gasteiger partial charge is 0.376 e. The van der Waals surface area contributed by atoms with Crippen LogP contribution in [-0.4, -0.2) is 36.2 Å². The maximum atomic E-state index is 5.96. The van der Waals surface area contributed by atoms with Gasteiger partial charge in [-0.2, -0.15) is 0 Å². The normalized spacial score (nSPS) is 28.6. The van der Waals surface area contributed by atoms with Gasteiger partial charge in [0.1, 0.15) is 0 Å². The molecule has 2 aliphatic rings. The Hall–Kier alpha value is -0.0800. The Morgan fingerprint density at radius 1 is 0.818 bits per heavy atom. The highest BCUT2D eigenvalue weighted by molar-refractivity contribution is 4.76. The number of piperidine rings is 1. The minimum Gasteiger partial charge on any atom is -0.376 e. The average Bonchev–Trinajstić information content (AvgIpc) is 2.49. The van der Waals surface area contributed by atoms with Crippen LogP contribution < -0.4 is 0 Å². The van der Waals surface area contributed by atoms with Crippen LogP contribution in [0.1, 0.15) is 85.5 Å². The van der Waals surface area contributed by atoms with E-state index in [4.69, 9.17) is 4.74 Å². The molecule has 2 fully saturated rings. The Balaban J connectivity index is 1.53. The van der Waals surface area contributed by atoms with Crippen LogP contribution in [0.2, 0.25) is 0 Å². The third-order valence-corrected chi connectivity index (χ3v) is 5.86. The molecule has 1 saturated heterocycles. The van der Waals surface area contributed by atoms with Crippen molar-refractivity contribution >= 4 is 0 Å². The van der Waals surface area contributed by atoms with Gasteiger partial charge in [-0.15, -0.1) is 0 Å². The Bertz CT molecular complexity index is 286. The van der Waals surface area contributed by atoms with E-state index in [1.54, 1.807) is 0 Å². The third kappa shape index (κ3) is 6.20. The quantitative estimate of drug-likeness (QED) is 0.636. The molecule has 2 heteroatoms. The molecule has 0 aromatic rings. The van der Waals surface area contributed by atoms with E-state index in [1.165, 1.54) is 70.9 Å². The Morgan fingerprint density at radius 3 is 1.86 bits per heavy atom. The van der Waals surface area contributed by atoms with Gasteiger partial charge in [-0.25, -0.2) is 0 Å². The van der Waals surface area contributed by atoms with Gasteiger partial charge < -0.3 is 9.64 Å². The minimum atomic E-state index is 0.401. The lowest BCUT2D eigenvalue weighted by Crippen LogP contribution is -2.38. The summed E-state index contributed by atoms with van der Waals surface area (Å²) in [6.07, 6.45) is 13.7. The zero-order valence-electron chi connectivity index (χ0n) is 15.5. The lowest BCUT2D eigenvalue weighted by Gasteiger charge is -2.35. The van der Waals surface area contributed by atoms with Crippen molar-refractivity contribution in [3.63, 3.8) is 0 Å². The Labute approximate surface area is 139 Å². The lowest BCUT2D eigenvalue weighted by atomic mass is 9.82. The molecule has 0 N–H and O–H groups in total. The fraction of sp³-hybridized carbons (Fsp3) is 1.00. The van der Waals surface area contributed by atoms with Gasteiger partial charge in [0.15, 0.2) is 0 Å². The highest BCUT2D eigenvalue weighted by Crippen LogP contribution is 2.32. The van der Waals surface area contributed by atoms with Crippen molar-refractivity contribution in [2.45, 2.75) is 104 Å². The van der Waals surface area contributed by atoms with Gasteiger partial charge >= 0.3 is 0 Å². The first kappa shape index (κ1) is 18.3. The van der Waals surface area contributed by atoms with Crippen molar-refractivity contribution in [2.24, 2.45) is 11.8 Å². The zero-order chi connectivity index (χ0) is 15.9. The summed E-state index contributed by atoms with van der Waals surface area (Å²) in [5.41, 5.74) is 0. The fourth-order valence-corrected chi connectivity index (χ4v) is 4.39. The minimum absolute atomic E-state index is 0.401. The van der Waals surface area contributed by atoms with Crippen molar-refractivity contribution < 1.29 is 4.74 Å². The molecule has 0 aromatic carbocycles. The molecule has 0 bridgehead atoms. The number of ether oxygens (including phenoxy) is 1. The maximum absolute atomic E-state index is 5.96. The first-order valence-electron chi connectivity index (χ1n) is 9.94. The first-order chi connectivity index (χ1) is 10.5. The number of hydrogen-bond donors (Lipinski definition) is 0. The van der Waals surface area contributed by atoms with E-state index in [2.05, 4.69) is 32.6 Å². The lowest BCUT2D eigenvalue weighted by molar-refractivity contribution is -0.0204. The summed E-state index contributed by atoms with van der Waals surface area (Å²) in [6.45, 7) is 11.7. The Morgan fingerprint density at radius 2 is 1.36 bits per heavy atom. The molecule has 1 aliphatic carbocycles. The predicted octanol–water partition coefficient (Wildman–Crippen LogP) is 5.26. The summed E-state index contributed by atoms with van der Waals surface area (Å²) in [4.78, 5) is 2.65. The van der Waals surface area contributed by atoms with Crippen molar-refractivity contribution in [3.05, 3.63) is 0 Å². The van der Waals surface area contributed by atoms with Crippen LogP contribution in [0.25, 0.3) is 0 Å². The van der Waals surface area contributed by atoms with Gasteiger partial charge in [-0.3, -0.25) is 0 Å². The van der Waals surface area contributed by atoms with Crippen LogP contribution in [0.15, 0.2) is 0 Å². The van der Waals surface area contributed by atoms with Gasteiger partial charge in [0, 0.05) is 6.04 Å². The van der Waals surface area contributed by atoms with Crippen LogP contribution in [0.3, 0.4) is 0 Å². The van der Waals surface area contributed by atoms with Crippen LogP contribution in [0.4, 0.5) is 0 Å². The molecule has 0 amide bonds. The maximum Gasteiger partial charge on any atom is 0.0578 e. The summed E-state index contributed by atoms with van der Waals surface area (Å²) < 4.78 is 5.96. The van der Waals surface area contributed by atoms with E-state index >= 15 is 0 Å². The second-order valence-corrected chi connectivity index (χ2v) is 8.33. The zero-order valence-corrected chi connectivity index (χ0v) is 15.5. The van der Waals surface area contributed by atoms with Crippen LogP contribution in [0.5, 0.6) is 0 Å². The highest BCUT2D eigenvalue weighted by Gasteiger charge is 2.23. The molecule has 2 nitrogen and oxygen atoms in total. The predicted molar refractivity (Wildman–Crippen MR) is 95.3 cm³/mol. The molecule has 1 aliphatic heterocycles. The van der Waals surface area contributed by atoms with Crippen LogP contribution in [-0.2, 0) is 4.74 Å². The van der Waals surface area contributed by atoms with Crippen molar-refractivity contribution in [1.29, 1.82) is 0 Å². The van der Waals surface area contributed by atoms with Gasteiger partial charge in [-0.1, -0.05) is 19.3 Å². The number of hydrogen-bond acceptors (Lipinski definition) is 2. The molecular weight excluding hydrogens is 270 g/mol. The second kappa shape index (κ2) is 9.27. The number of nitrogens with zero attached hydrogens (tertiary/aromatic N) is 1. The third-order valence-electron chi connectivity index (χ3n) is 5.86. The van der Waals surface area contributed by atoms with E-state index in [0.29, 0.717) is 12.2 Å². The molecule has 1 saturated carbocycles. The SMILES string of the molecule is CC(C)O[C@H]1CC[C@@H](CCCC2CCN(C(C)C)CC2)CC1. The second-order valence-electron chi connectivity index (χ2n) is 8.33. The smallest absolute Gasteiger partial charge is 0.0578 e. The summed E-state index contributed by atoms with van der Waals surface area (Å²) in [7, 11) is 0. The molecule has 0 radical (unpaired) electrons. The van der Waals surface area contributed by atoms with E-state index in [0.717, 1.165) is 17.9 Å². The Kier molecular flexibility index (Phi) is 7.70. The molecular formula is C20H39NO. The van der Waals surface area contributed by atoms with E-state index in [1.807, 2.05) is 0 Å². The molecule has 130 valence electrons. The van der Waals surface area contributed by atoms with Crippen LogP contribution in [0, 0.1) is 11.8 Å². The molecule has 2 rings (SSSR count). The van der Waals surface area contributed by atoms with Crippen molar-refractivity contribution in [1.82, 2.24) is 4.90 Å². The molecule has 0 spiro atoms. The average molecular weight is 310 g/mol.